The van der Waals surface area contributed by atoms with Crippen LogP contribution in [0.25, 0.3) is 0 Å². The van der Waals surface area contributed by atoms with E-state index in [1.165, 1.54) is 0 Å². The van der Waals surface area contributed by atoms with Gasteiger partial charge in [0.2, 0.25) is 0 Å². The molecule has 0 radical (unpaired) electrons. The van der Waals surface area contributed by atoms with Crippen LogP contribution in [-0.2, 0) is 6.54 Å². The van der Waals surface area contributed by atoms with Crippen LogP contribution in [0.2, 0.25) is 5.02 Å². The van der Waals surface area contributed by atoms with Gasteiger partial charge in [-0.2, -0.15) is 0 Å². The Hall–Kier alpha value is -0.970. The smallest absolute Gasteiger partial charge is 0.180 e. The first kappa shape index (κ1) is 17.4. The van der Waals surface area contributed by atoms with E-state index in [0.29, 0.717) is 22.6 Å². The number of ether oxygens (including phenoxy) is 2. The number of aliphatic hydroxyl groups excluding tert-OH is 1. The second kappa shape index (κ2) is 8.04. The molecule has 0 unspecified atom stereocenters. The second-order valence-corrected chi connectivity index (χ2v) is 6.57. The molecule has 2 N–H and O–H groups in total. The fourth-order valence-corrected chi connectivity index (χ4v) is 3.05. The molecule has 5 heteroatoms. The Morgan fingerprint density at radius 3 is 2.55 bits per heavy atom. The Balaban J connectivity index is 2.01. The van der Waals surface area contributed by atoms with E-state index in [2.05, 4.69) is 5.32 Å². The zero-order valence-electron chi connectivity index (χ0n) is 13.6. The molecule has 0 amide bonds. The summed E-state index contributed by atoms with van der Waals surface area (Å²) in [5.41, 5.74) is 1.07. The van der Waals surface area contributed by atoms with E-state index in [1.54, 1.807) is 7.11 Å². The predicted octanol–water partition coefficient (Wildman–Crippen LogP) is 3.53. The molecule has 1 aromatic rings. The van der Waals surface area contributed by atoms with E-state index < -0.39 is 0 Å². The summed E-state index contributed by atoms with van der Waals surface area (Å²) in [7, 11) is 1.62. The minimum Gasteiger partial charge on any atom is -0.493 e. The van der Waals surface area contributed by atoms with Crippen molar-refractivity contribution in [2.45, 2.75) is 64.3 Å². The number of methoxy groups -OCH3 is 1. The molecule has 4 nitrogen and oxygen atoms in total. The number of nitrogens with one attached hydrogen (secondary N) is 1. The lowest BCUT2D eigenvalue weighted by atomic mass is 9.93. The van der Waals surface area contributed by atoms with Gasteiger partial charge in [-0.25, -0.2) is 0 Å². The van der Waals surface area contributed by atoms with E-state index in [-0.39, 0.29) is 12.2 Å². The Morgan fingerprint density at radius 1 is 1.27 bits per heavy atom. The third kappa shape index (κ3) is 4.77. The highest BCUT2D eigenvalue weighted by molar-refractivity contribution is 6.32. The third-order valence-electron chi connectivity index (χ3n) is 3.93. The van der Waals surface area contributed by atoms with Crippen LogP contribution in [0.5, 0.6) is 11.5 Å². The number of halogens is 1. The third-order valence-corrected chi connectivity index (χ3v) is 4.22. The van der Waals surface area contributed by atoms with Crippen LogP contribution < -0.4 is 14.8 Å². The van der Waals surface area contributed by atoms with E-state index in [1.807, 2.05) is 26.0 Å². The summed E-state index contributed by atoms with van der Waals surface area (Å²) in [5.74, 6) is 1.26. The van der Waals surface area contributed by atoms with E-state index in [0.717, 1.165) is 37.8 Å². The fraction of sp³-hybridized carbons (Fsp3) is 0.647. The van der Waals surface area contributed by atoms with Gasteiger partial charge in [-0.05, 0) is 57.2 Å². The molecule has 0 atom stereocenters. The number of aliphatic hydroxyl groups is 1. The maximum absolute atomic E-state index is 9.54. The highest BCUT2D eigenvalue weighted by atomic mass is 35.5. The summed E-state index contributed by atoms with van der Waals surface area (Å²) in [6.07, 6.45) is 3.71. The van der Waals surface area contributed by atoms with Crippen LogP contribution in [0, 0.1) is 0 Å². The SMILES string of the molecule is COc1cc(CNC2CCC(O)CC2)cc(Cl)c1OC(C)C. The summed E-state index contributed by atoms with van der Waals surface area (Å²) < 4.78 is 11.1. The first-order chi connectivity index (χ1) is 10.5. The van der Waals surface area contributed by atoms with Gasteiger partial charge < -0.3 is 19.9 Å². The largest absolute Gasteiger partial charge is 0.493 e. The van der Waals surface area contributed by atoms with Gasteiger partial charge in [-0.1, -0.05) is 11.6 Å². The number of hydrogen-bond donors (Lipinski definition) is 2. The van der Waals surface area contributed by atoms with Crippen LogP contribution in [0.4, 0.5) is 0 Å². The monoisotopic (exact) mass is 327 g/mol. The summed E-state index contributed by atoms with van der Waals surface area (Å²) in [6.45, 7) is 4.66. The normalized spacial score (nSPS) is 21.9. The highest BCUT2D eigenvalue weighted by Crippen LogP contribution is 2.37. The van der Waals surface area contributed by atoms with Crippen molar-refractivity contribution in [1.29, 1.82) is 0 Å². The van der Waals surface area contributed by atoms with E-state index >= 15 is 0 Å². The molecule has 0 bridgehead atoms. The predicted molar refractivity (Wildman–Crippen MR) is 88.9 cm³/mol. The number of hydrogen-bond acceptors (Lipinski definition) is 4. The molecule has 0 heterocycles. The Morgan fingerprint density at radius 2 is 1.95 bits per heavy atom. The standard InChI is InChI=1S/C17H26ClNO3/c1-11(2)22-17-15(18)8-12(9-16(17)21-3)10-19-13-4-6-14(20)7-5-13/h8-9,11,13-14,19-20H,4-7,10H2,1-3H3. The lowest BCUT2D eigenvalue weighted by Crippen LogP contribution is -2.34. The zero-order chi connectivity index (χ0) is 16.1. The van der Waals surface area contributed by atoms with Crippen LogP contribution >= 0.6 is 11.6 Å². The summed E-state index contributed by atoms with van der Waals surface area (Å²) in [4.78, 5) is 0. The highest BCUT2D eigenvalue weighted by Gasteiger charge is 2.19. The summed E-state index contributed by atoms with van der Waals surface area (Å²) >= 11 is 6.33. The molecule has 0 saturated heterocycles. The molecule has 0 aliphatic heterocycles. The molecule has 1 aliphatic carbocycles. The molecule has 0 aromatic heterocycles. The van der Waals surface area contributed by atoms with E-state index in [4.69, 9.17) is 21.1 Å². The first-order valence-electron chi connectivity index (χ1n) is 7.94. The van der Waals surface area contributed by atoms with Crippen molar-refractivity contribution in [1.82, 2.24) is 5.32 Å². The first-order valence-corrected chi connectivity index (χ1v) is 8.32. The van der Waals surface area contributed by atoms with Crippen LogP contribution in [-0.4, -0.2) is 30.5 Å². The minimum atomic E-state index is -0.125. The van der Waals surface area contributed by atoms with Gasteiger partial charge >= 0.3 is 0 Å². The fourth-order valence-electron chi connectivity index (χ4n) is 2.77. The Labute approximate surface area is 137 Å². The quantitative estimate of drug-likeness (QED) is 0.839. The molecule has 0 spiro atoms. The molecule has 124 valence electrons. The second-order valence-electron chi connectivity index (χ2n) is 6.16. The van der Waals surface area contributed by atoms with Crippen molar-refractivity contribution in [3.63, 3.8) is 0 Å². The van der Waals surface area contributed by atoms with Crippen LogP contribution in [0.1, 0.15) is 45.1 Å². The van der Waals surface area contributed by atoms with Crippen molar-refractivity contribution in [2.75, 3.05) is 7.11 Å². The lowest BCUT2D eigenvalue weighted by Gasteiger charge is -2.26. The molecule has 1 fully saturated rings. The van der Waals surface area contributed by atoms with Gasteiger partial charge in [-0.15, -0.1) is 0 Å². The number of rotatable bonds is 6. The van der Waals surface area contributed by atoms with Crippen molar-refractivity contribution in [2.24, 2.45) is 0 Å². The van der Waals surface area contributed by atoms with Crippen molar-refractivity contribution in [3.05, 3.63) is 22.7 Å². The summed E-state index contributed by atoms with van der Waals surface area (Å²) in [6, 6.07) is 4.35. The zero-order valence-corrected chi connectivity index (χ0v) is 14.3. The number of benzene rings is 1. The van der Waals surface area contributed by atoms with Gasteiger partial charge in [0, 0.05) is 12.6 Å². The van der Waals surface area contributed by atoms with Crippen LogP contribution in [0.3, 0.4) is 0 Å². The van der Waals surface area contributed by atoms with Gasteiger partial charge in [0.25, 0.3) is 0 Å². The summed E-state index contributed by atoms with van der Waals surface area (Å²) in [5, 5.41) is 13.6. The average molecular weight is 328 g/mol. The molecule has 2 rings (SSSR count). The van der Waals surface area contributed by atoms with Gasteiger partial charge in [0.1, 0.15) is 0 Å². The molecular weight excluding hydrogens is 302 g/mol. The van der Waals surface area contributed by atoms with Crippen LogP contribution in [0.15, 0.2) is 12.1 Å². The Bertz CT molecular complexity index is 485. The lowest BCUT2D eigenvalue weighted by molar-refractivity contribution is 0.116. The minimum absolute atomic E-state index is 0.0454. The topological polar surface area (TPSA) is 50.7 Å². The molecular formula is C17H26ClNO3. The van der Waals surface area contributed by atoms with Gasteiger partial charge in [0.05, 0.1) is 24.3 Å². The van der Waals surface area contributed by atoms with Gasteiger partial charge in [0.15, 0.2) is 11.5 Å². The molecule has 1 aromatic carbocycles. The van der Waals surface area contributed by atoms with Crippen molar-refractivity contribution in [3.8, 4) is 11.5 Å². The van der Waals surface area contributed by atoms with Crippen molar-refractivity contribution >= 4 is 11.6 Å². The van der Waals surface area contributed by atoms with E-state index in [9.17, 15) is 5.11 Å². The maximum Gasteiger partial charge on any atom is 0.180 e. The Kier molecular flexibility index (Phi) is 6.36. The molecule has 1 saturated carbocycles. The molecule has 22 heavy (non-hydrogen) atoms. The average Bonchev–Trinajstić information content (AvgIpc) is 2.48. The molecule has 1 aliphatic rings. The van der Waals surface area contributed by atoms with Gasteiger partial charge in [-0.3, -0.25) is 0 Å². The van der Waals surface area contributed by atoms with Crippen molar-refractivity contribution < 1.29 is 14.6 Å². The maximum atomic E-state index is 9.54.